The molecule has 2 fully saturated rings. The SMILES string of the molecule is CNCCNC(=O)C1CCC(NC(=O)CC2CCCC2)CC1. The molecule has 0 unspecified atom stereocenters. The summed E-state index contributed by atoms with van der Waals surface area (Å²) in [5, 5.41) is 9.17. The Morgan fingerprint density at radius 1 is 0.955 bits per heavy atom. The fraction of sp³-hybridized carbons (Fsp3) is 0.882. The molecule has 2 saturated carbocycles. The van der Waals surface area contributed by atoms with Crippen LogP contribution in [-0.2, 0) is 9.59 Å². The van der Waals surface area contributed by atoms with Gasteiger partial charge in [-0.2, -0.15) is 0 Å². The van der Waals surface area contributed by atoms with Crippen LogP contribution in [0.1, 0.15) is 57.8 Å². The topological polar surface area (TPSA) is 70.2 Å². The molecule has 5 nitrogen and oxygen atoms in total. The Labute approximate surface area is 134 Å². The van der Waals surface area contributed by atoms with Crippen LogP contribution in [0.2, 0.25) is 0 Å². The van der Waals surface area contributed by atoms with Gasteiger partial charge in [-0.1, -0.05) is 12.8 Å². The van der Waals surface area contributed by atoms with Gasteiger partial charge in [0.15, 0.2) is 0 Å². The fourth-order valence-corrected chi connectivity index (χ4v) is 3.72. The van der Waals surface area contributed by atoms with Crippen molar-refractivity contribution in [3.63, 3.8) is 0 Å². The van der Waals surface area contributed by atoms with Gasteiger partial charge in [0.2, 0.25) is 11.8 Å². The van der Waals surface area contributed by atoms with E-state index in [0.29, 0.717) is 18.9 Å². The second-order valence-electron chi connectivity index (χ2n) is 6.87. The van der Waals surface area contributed by atoms with Gasteiger partial charge in [0.05, 0.1) is 0 Å². The minimum absolute atomic E-state index is 0.125. The Morgan fingerprint density at radius 2 is 1.64 bits per heavy atom. The van der Waals surface area contributed by atoms with E-state index in [-0.39, 0.29) is 23.8 Å². The number of carbonyl (C=O) groups is 2. The molecule has 0 saturated heterocycles. The van der Waals surface area contributed by atoms with Gasteiger partial charge in [0, 0.05) is 31.5 Å². The number of hydrogen-bond donors (Lipinski definition) is 3. The zero-order chi connectivity index (χ0) is 15.8. The Bertz CT molecular complexity index is 359. The summed E-state index contributed by atoms with van der Waals surface area (Å²) < 4.78 is 0. The molecule has 0 atom stereocenters. The van der Waals surface area contributed by atoms with Crippen molar-refractivity contribution in [2.24, 2.45) is 11.8 Å². The number of likely N-dealkylation sites (N-methyl/N-ethyl adjacent to an activating group) is 1. The summed E-state index contributed by atoms with van der Waals surface area (Å²) in [6, 6.07) is 0.273. The molecule has 0 bridgehead atoms. The van der Waals surface area contributed by atoms with E-state index in [2.05, 4.69) is 16.0 Å². The first-order valence-corrected chi connectivity index (χ1v) is 8.90. The zero-order valence-electron chi connectivity index (χ0n) is 13.8. The molecule has 2 aliphatic carbocycles. The molecular formula is C17H31N3O2. The minimum Gasteiger partial charge on any atom is -0.355 e. The third-order valence-corrected chi connectivity index (χ3v) is 5.09. The molecule has 0 heterocycles. The highest BCUT2D eigenvalue weighted by Gasteiger charge is 2.27. The summed E-state index contributed by atoms with van der Waals surface area (Å²) in [6.45, 7) is 1.49. The lowest BCUT2D eigenvalue weighted by molar-refractivity contribution is -0.126. The van der Waals surface area contributed by atoms with Crippen LogP contribution in [0.15, 0.2) is 0 Å². The average molecular weight is 309 g/mol. The Balaban J connectivity index is 1.61. The molecule has 126 valence electrons. The van der Waals surface area contributed by atoms with Crippen LogP contribution in [0.5, 0.6) is 0 Å². The molecule has 2 rings (SSSR count). The molecule has 0 radical (unpaired) electrons. The van der Waals surface area contributed by atoms with Crippen LogP contribution in [0.25, 0.3) is 0 Å². The summed E-state index contributed by atoms with van der Waals surface area (Å²) in [7, 11) is 1.88. The maximum absolute atomic E-state index is 12.1. The zero-order valence-corrected chi connectivity index (χ0v) is 13.8. The van der Waals surface area contributed by atoms with Gasteiger partial charge in [0.25, 0.3) is 0 Å². The number of amides is 2. The average Bonchev–Trinajstić information content (AvgIpc) is 3.01. The number of rotatable bonds is 7. The van der Waals surface area contributed by atoms with Gasteiger partial charge >= 0.3 is 0 Å². The summed E-state index contributed by atoms with van der Waals surface area (Å²) >= 11 is 0. The highest BCUT2D eigenvalue weighted by Crippen LogP contribution is 2.28. The smallest absolute Gasteiger partial charge is 0.223 e. The van der Waals surface area contributed by atoms with E-state index < -0.39 is 0 Å². The van der Waals surface area contributed by atoms with Gasteiger partial charge < -0.3 is 16.0 Å². The third kappa shape index (κ3) is 5.59. The Hall–Kier alpha value is -1.10. The molecule has 0 aliphatic heterocycles. The predicted molar refractivity (Wildman–Crippen MR) is 87.4 cm³/mol. The van der Waals surface area contributed by atoms with Crippen molar-refractivity contribution >= 4 is 11.8 Å². The maximum Gasteiger partial charge on any atom is 0.223 e. The van der Waals surface area contributed by atoms with Crippen molar-refractivity contribution in [1.82, 2.24) is 16.0 Å². The highest BCUT2D eigenvalue weighted by atomic mass is 16.2. The Morgan fingerprint density at radius 3 is 2.27 bits per heavy atom. The van der Waals surface area contributed by atoms with Crippen molar-refractivity contribution in [2.45, 2.75) is 63.8 Å². The van der Waals surface area contributed by atoms with E-state index in [4.69, 9.17) is 0 Å². The minimum atomic E-state index is 0.125. The van der Waals surface area contributed by atoms with E-state index in [0.717, 1.165) is 32.2 Å². The van der Waals surface area contributed by atoms with Crippen molar-refractivity contribution in [2.75, 3.05) is 20.1 Å². The normalized spacial score (nSPS) is 25.9. The fourth-order valence-electron chi connectivity index (χ4n) is 3.72. The largest absolute Gasteiger partial charge is 0.355 e. The first kappa shape index (κ1) is 17.3. The van der Waals surface area contributed by atoms with Crippen molar-refractivity contribution in [1.29, 1.82) is 0 Å². The van der Waals surface area contributed by atoms with Crippen LogP contribution < -0.4 is 16.0 Å². The van der Waals surface area contributed by atoms with Gasteiger partial charge in [-0.25, -0.2) is 0 Å². The third-order valence-electron chi connectivity index (χ3n) is 5.09. The highest BCUT2D eigenvalue weighted by molar-refractivity contribution is 5.79. The lowest BCUT2D eigenvalue weighted by Gasteiger charge is -2.28. The van der Waals surface area contributed by atoms with Crippen molar-refractivity contribution in [3.05, 3.63) is 0 Å². The molecule has 5 heteroatoms. The molecular weight excluding hydrogens is 278 g/mol. The van der Waals surface area contributed by atoms with E-state index >= 15 is 0 Å². The Kier molecular flexibility index (Phi) is 7.16. The molecule has 0 spiro atoms. The van der Waals surface area contributed by atoms with E-state index in [9.17, 15) is 9.59 Å². The van der Waals surface area contributed by atoms with Crippen LogP contribution >= 0.6 is 0 Å². The van der Waals surface area contributed by atoms with E-state index in [1.165, 1.54) is 25.7 Å². The first-order valence-electron chi connectivity index (χ1n) is 8.90. The van der Waals surface area contributed by atoms with E-state index in [1.54, 1.807) is 0 Å². The van der Waals surface area contributed by atoms with Crippen molar-refractivity contribution < 1.29 is 9.59 Å². The predicted octanol–water partition coefficient (Wildman–Crippen LogP) is 1.58. The number of nitrogens with one attached hydrogen (secondary N) is 3. The summed E-state index contributed by atoms with van der Waals surface area (Å²) in [6.07, 6.45) is 9.34. The van der Waals surface area contributed by atoms with Gasteiger partial charge in [-0.05, 0) is 51.5 Å². The van der Waals surface area contributed by atoms with Crippen LogP contribution in [0, 0.1) is 11.8 Å². The molecule has 2 aliphatic rings. The monoisotopic (exact) mass is 309 g/mol. The molecule has 2 amide bonds. The van der Waals surface area contributed by atoms with Crippen LogP contribution in [0.4, 0.5) is 0 Å². The maximum atomic E-state index is 12.1. The van der Waals surface area contributed by atoms with E-state index in [1.807, 2.05) is 7.05 Å². The summed E-state index contributed by atoms with van der Waals surface area (Å²) in [5.41, 5.74) is 0. The van der Waals surface area contributed by atoms with Gasteiger partial charge in [-0.3, -0.25) is 9.59 Å². The van der Waals surface area contributed by atoms with Crippen LogP contribution in [-0.4, -0.2) is 38.0 Å². The summed E-state index contributed by atoms with van der Waals surface area (Å²) in [4.78, 5) is 24.1. The number of carbonyl (C=O) groups excluding carboxylic acids is 2. The lowest BCUT2D eigenvalue weighted by atomic mass is 9.85. The van der Waals surface area contributed by atoms with Crippen LogP contribution in [0.3, 0.4) is 0 Å². The summed E-state index contributed by atoms with van der Waals surface area (Å²) in [5.74, 6) is 1.12. The molecule has 0 aromatic carbocycles. The van der Waals surface area contributed by atoms with Crippen molar-refractivity contribution in [3.8, 4) is 0 Å². The molecule has 0 aromatic heterocycles. The molecule has 0 aromatic rings. The van der Waals surface area contributed by atoms with Gasteiger partial charge in [-0.15, -0.1) is 0 Å². The number of hydrogen-bond acceptors (Lipinski definition) is 3. The molecule has 3 N–H and O–H groups in total. The second-order valence-corrected chi connectivity index (χ2v) is 6.87. The standard InChI is InChI=1S/C17H31N3O2/c1-18-10-11-19-17(22)14-6-8-15(9-7-14)20-16(21)12-13-4-2-3-5-13/h13-15,18H,2-12H2,1H3,(H,19,22)(H,20,21). The lowest BCUT2D eigenvalue weighted by Crippen LogP contribution is -2.42. The first-order chi connectivity index (χ1) is 10.7. The molecule has 22 heavy (non-hydrogen) atoms. The second kappa shape index (κ2) is 9.13. The van der Waals surface area contributed by atoms with Gasteiger partial charge in [0.1, 0.15) is 0 Å². The quantitative estimate of drug-likeness (QED) is 0.625.